The van der Waals surface area contributed by atoms with Crippen LogP contribution >= 0.6 is 11.6 Å². The number of hydrogen-bond acceptors (Lipinski definition) is 4. The SMILES string of the molecule is O=C(N[C@H]1CC2(CCCO2)C[C@H]1NC(=O)c1ccc2c(Cl)c[nH]c2c1)c1ccc(-n2ccccc2=O)cc1. The second-order valence-corrected chi connectivity index (χ2v) is 10.5. The van der Waals surface area contributed by atoms with E-state index in [1.54, 1.807) is 60.9 Å². The van der Waals surface area contributed by atoms with E-state index in [0.29, 0.717) is 41.3 Å². The Morgan fingerprint density at radius 2 is 1.68 bits per heavy atom. The fraction of sp³-hybridized carbons (Fsp3) is 0.276. The number of aromatic nitrogens is 2. The van der Waals surface area contributed by atoms with Crippen LogP contribution in [0.4, 0.5) is 0 Å². The number of rotatable bonds is 5. The normalized spacial score (nSPS) is 22.7. The van der Waals surface area contributed by atoms with Gasteiger partial charge in [0.15, 0.2) is 0 Å². The van der Waals surface area contributed by atoms with E-state index >= 15 is 0 Å². The van der Waals surface area contributed by atoms with Gasteiger partial charge in [0.1, 0.15) is 0 Å². The molecule has 8 nitrogen and oxygen atoms in total. The van der Waals surface area contributed by atoms with Crippen LogP contribution in [0.15, 0.2) is 77.9 Å². The molecule has 6 rings (SSSR count). The summed E-state index contributed by atoms with van der Waals surface area (Å²) in [6.07, 6.45) is 6.52. The maximum Gasteiger partial charge on any atom is 0.255 e. The van der Waals surface area contributed by atoms with Gasteiger partial charge in [0, 0.05) is 52.8 Å². The largest absolute Gasteiger partial charge is 0.375 e. The van der Waals surface area contributed by atoms with Gasteiger partial charge < -0.3 is 20.4 Å². The van der Waals surface area contributed by atoms with Crippen molar-refractivity contribution in [3.63, 3.8) is 0 Å². The van der Waals surface area contributed by atoms with Crippen LogP contribution in [-0.2, 0) is 4.74 Å². The Hall–Kier alpha value is -3.88. The minimum Gasteiger partial charge on any atom is -0.375 e. The molecule has 0 radical (unpaired) electrons. The standard InChI is InChI=1S/C29H27ClN4O4/c30-22-17-31-23-14-19(7-10-21(22)23)28(37)33-25-16-29(11-3-13-38-29)15-24(25)32-27(36)18-5-8-20(9-6-18)34-12-2-1-4-26(34)35/h1-2,4-10,12,14,17,24-25,31H,3,11,13,15-16H2,(H,32,36)(H,33,37)/t24-,25+,29?/m0/s1. The minimum atomic E-state index is -0.342. The van der Waals surface area contributed by atoms with Crippen LogP contribution < -0.4 is 16.2 Å². The number of aromatic amines is 1. The summed E-state index contributed by atoms with van der Waals surface area (Å²) in [5.74, 6) is -0.451. The summed E-state index contributed by atoms with van der Waals surface area (Å²) in [4.78, 5) is 41.6. The van der Waals surface area contributed by atoms with Crippen LogP contribution in [0.25, 0.3) is 16.6 Å². The molecule has 2 aromatic carbocycles. The van der Waals surface area contributed by atoms with Crippen LogP contribution in [0.5, 0.6) is 0 Å². The molecule has 38 heavy (non-hydrogen) atoms. The molecule has 3 heterocycles. The molecule has 2 amide bonds. The number of H-pyrrole nitrogens is 1. The number of carbonyl (C=O) groups is 2. The quantitative estimate of drug-likeness (QED) is 0.359. The smallest absolute Gasteiger partial charge is 0.255 e. The Balaban J connectivity index is 1.19. The van der Waals surface area contributed by atoms with Gasteiger partial charge in [-0.05, 0) is 68.1 Å². The molecule has 3 atom stereocenters. The highest BCUT2D eigenvalue weighted by atomic mass is 35.5. The van der Waals surface area contributed by atoms with Gasteiger partial charge in [0.2, 0.25) is 0 Å². The predicted octanol–water partition coefficient (Wildman–Crippen LogP) is 4.21. The molecule has 1 saturated carbocycles. The van der Waals surface area contributed by atoms with E-state index in [-0.39, 0.29) is 35.1 Å². The number of benzene rings is 2. The number of ether oxygens (including phenoxy) is 1. The topological polar surface area (TPSA) is 105 Å². The molecule has 1 saturated heterocycles. The van der Waals surface area contributed by atoms with Gasteiger partial charge in [-0.1, -0.05) is 23.7 Å². The van der Waals surface area contributed by atoms with E-state index in [1.165, 1.54) is 10.6 Å². The Kier molecular flexibility index (Phi) is 6.29. The zero-order valence-electron chi connectivity index (χ0n) is 20.6. The van der Waals surface area contributed by atoms with Crippen molar-refractivity contribution in [1.29, 1.82) is 0 Å². The van der Waals surface area contributed by atoms with Crippen molar-refractivity contribution in [3.05, 3.63) is 99.6 Å². The first-order valence-electron chi connectivity index (χ1n) is 12.7. The third-order valence-electron chi connectivity index (χ3n) is 7.61. The number of hydrogen-bond donors (Lipinski definition) is 3. The van der Waals surface area contributed by atoms with Crippen molar-refractivity contribution in [2.75, 3.05) is 6.61 Å². The average Bonchev–Trinajstić information content (AvgIpc) is 3.63. The molecule has 0 bridgehead atoms. The fourth-order valence-electron chi connectivity index (χ4n) is 5.70. The summed E-state index contributed by atoms with van der Waals surface area (Å²) in [6, 6.07) is 16.6. The highest BCUT2D eigenvalue weighted by Crippen LogP contribution is 2.41. The van der Waals surface area contributed by atoms with Crippen LogP contribution in [0.1, 0.15) is 46.4 Å². The molecule has 1 aliphatic carbocycles. The van der Waals surface area contributed by atoms with Crippen molar-refractivity contribution >= 4 is 34.3 Å². The van der Waals surface area contributed by atoms with E-state index in [4.69, 9.17) is 16.3 Å². The highest BCUT2D eigenvalue weighted by Gasteiger charge is 2.49. The number of carbonyl (C=O) groups excluding carboxylic acids is 2. The first kappa shape index (κ1) is 24.5. The second-order valence-electron chi connectivity index (χ2n) is 10.1. The van der Waals surface area contributed by atoms with Crippen molar-refractivity contribution in [3.8, 4) is 5.69 Å². The molecule has 2 aromatic heterocycles. The van der Waals surface area contributed by atoms with E-state index < -0.39 is 0 Å². The summed E-state index contributed by atoms with van der Waals surface area (Å²) in [5.41, 5.74) is 1.97. The summed E-state index contributed by atoms with van der Waals surface area (Å²) >= 11 is 6.18. The number of nitrogens with zero attached hydrogens (tertiary/aromatic N) is 1. The molecule has 1 spiro atoms. The lowest BCUT2D eigenvalue weighted by atomic mass is 9.98. The summed E-state index contributed by atoms with van der Waals surface area (Å²) in [5, 5.41) is 7.74. The predicted molar refractivity (Wildman–Crippen MR) is 145 cm³/mol. The third-order valence-corrected chi connectivity index (χ3v) is 7.92. The van der Waals surface area contributed by atoms with E-state index in [2.05, 4.69) is 15.6 Å². The van der Waals surface area contributed by atoms with Gasteiger partial charge in [-0.3, -0.25) is 19.0 Å². The van der Waals surface area contributed by atoms with E-state index in [0.717, 1.165) is 23.7 Å². The third kappa shape index (κ3) is 4.61. The van der Waals surface area contributed by atoms with E-state index in [9.17, 15) is 14.4 Å². The van der Waals surface area contributed by atoms with Crippen molar-refractivity contribution in [2.24, 2.45) is 0 Å². The first-order valence-corrected chi connectivity index (χ1v) is 13.1. The molecule has 194 valence electrons. The average molecular weight is 531 g/mol. The molecule has 2 fully saturated rings. The summed E-state index contributed by atoms with van der Waals surface area (Å²) < 4.78 is 7.64. The zero-order valence-corrected chi connectivity index (χ0v) is 21.3. The highest BCUT2D eigenvalue weighted by molar-refractivity contribution is 6.35. The number of pyridine rings is 1. The van der Waals surface area contributed by atoms with Gasteiger partial charge in [-0.25, -0.2) is 0 Å². The molecule has 1 aliphatic heterocycles. The minimum absolute atomic E-state index is 0.144. The zero-order chi connectivity index (χ0) is 26.3. The summed E-state index contributed by atoms with van der Waals surface area (Å²) in [7, 11) is 0. The van der Waals surface area contributed by atoms with E-state index in [1.807, 2.05) is 6.07 Å². The lowest BCUT2D eigenvalue weighted by Crippen LogP contribution is -2.48. The number of halogens is 1. The molecule has 9 heteroatoms. The van der Waals surface area contributed by atoms with Gasteiger partial charge in [-0.2, -0.15) is 0 Å². The molecule has 3 N–H and O–H groups in total. The van der Waals surface area contributed by atoms with Gasteiger partial charge in [0.25, 0.3) is 17.4 Å². The van der Waals surface area contributed by atoms with Crippen LogP contribution in [0.2, 0.25) is 5.02 Å². The Labute approximate surface area is 224 Å². The molecule has 2 aliphatic rings. The maximum atomic E-state index is 13.2. The Bertz CT molecular complexity index is 1570. The second kappa shape index (κ2) is 9.78. The fourth-order valence-corrected chi connectivity index (χ4v) is 5.92. The lowest BCUT2D eigenvalue weighted by molar-refractivity contribution is 0.00740. The molecule has 1 unspecified atom stereocenters. The lowest BCUT2D eigenvalue weighted by Gasteiger charge is -2.22. The number of amides is 2. The Morgan fingerprint density at radius 3 is 2.37 bits per heavy atom. The van der Waals surface area contributed by atoms with Crippen LogP contribution in [-0.4, -0.2) is 45.7 Å². The van der Waals surface area contributed by atoms with Crippen molar-refractivity contribution in [2.45, 2.75) is 43.4 Å². The van der Waals surface area contributed by atoms with Crippen LogP contribution in [0, 0.1) is 0 Å². The van der Waals surface area contributed by atoms with Gasteiger partial charge >= 0.3 is 0 Å². The van der Waals surface area contributed by atoms with Crippen molar-refractivity contribution in [1.82, 2.24) is 20.2 Å². The summed E-state index contributed by atoms with van der Waals surface area (Å²) in [6.45, 7) is 0.686. The van der Waals surface area contributed by atoms with Crippen molar-refractivity contribution < 1.29 is 14.3 Å². The monoisotopic (exact) mass is 530 g/mol. The maximum absolute atomic E-state index is 13.2. The number of nitrogens with one attached hydrogen (secondary N) is 3. The van der Waals surface area contributed by atoms with Gasteiger partial charge in [0.05, 0.1) is 22.7 Å². The Morgan fingerprint density at radius 1 is 0.974 bits per heavy atom. The first-order chi connectivity index (χ1) is 18.4. The molecular weight excluding hydrogens is 504 g/mol. The van der Waals surface area contributed by atoms with Crippen LogP contribution in [0.3, 0.4) is 0 Å². The molecular formula is C29H27ClN4O4. The molecule has 4 aromatic rings. The van der Waals surface area contributed by atoms with Gasteiger partial charge in [-0.15, -0.1) is 0 Å². The number of fused-ring (bicyclic) bond motifs is 1.